The standard InChI is InChI=1S/C13H20BrNS2/c1-3-9(8-16-2)15-11-5-4-6-12-10(11)7-13(14)17-12/h7,9,11,15H,3-6,8H2,1-2H3. The second-order valence-electron chi connectivity index (χ2n) is 4.60. The molecule has 1 aliphatic rings. The zero-order valence-electron chi connectivity index (χ0n) is 10.5. The predicted molar refractivity (Wildman–Crippen MR) is 83.3 cm³/mol. The van der Waals surface area contributed by atoms with Gasteiger partial charge in [0.25, 0.3) is 0 Å². The molecule has 0 fully saturated rings. The molecule has 2 atom stereocenters. The Morgan fingerprint density at radius 2 is 2.47 bits per heavy atom. The van der Waals surface area contributed by atoms with Crippen molar-refractivity contribution in [2.75, 3.05) is 12.0 Å². The minimum atomic E-state index is 0.582. The van der Waals surface area contributed by atoms with Crippen molar-refractivity contribution < 1.29 is 0 Å². The molecule has 0 aromatic carbocycles. The van der Waals surface area contributed by atoms with Crippen LogP contribution in [-0.2, 0) is 6.42 Å². The number of nitrogens with one attached hydrogen (secondary N) is 1. The highest BCUT2D eigenvalue weighted by Gasteiger charge is 2.24. The first kappa shape index (κ1) is 13.9. The zero-order valence-corrected chi connectivity index (χ0v) is 13.7. The maximum Gasteiger partial charge on any atom is 0.0704 e. The molecular formula is C13H20BrNS2. The van der Waals surface area contributed by atoms with E-state index in [-0.39, 0.29) is 0 Å². The summed E-state index contributed by atoms with van der Waals surface area (Å²) in [6.07, 6.45) is 7.30. The number of thioether (sulfide) groups is 1. The lowest BCUT2D eigenvalue weighted by molar-refractivity contribution is 0.408. The van der Waals surface area contributed by atoms with Crippen molar-refractivity contribution in [3.8, 4) is 0 Å². The number of hydrogen-bond donors (Lipinski definition) is 1. The first-order chi connectivity index (χ1) is 8.24. The van der Waals surface area contributed by atoms with E-state index in [4.69, 9.17) is 0 Å². The van der Waals surface area contributed by atoms with E-state index in [1.54, 1.807) is 10.4 Å². The average molecular weight is 334 g/mol. The Morgan fingerprint density at radius 3 is 3.18 bits per heavy atom. The summed E-state index contributed by atoms with van der Waals surface area (Å²) in [7, 11) is 0. The summed E-state index contributed by atoms with van der Waals surface area (Å²) >= 11 is 7.47. The van der Waals surface area contributed by atoms with Crippen LogP contribution in [0.5, 0.6) is 0 Å². The number of hydrogen-bond acceptors (Lipinski definition) is 3. The zero-order chi connectivity index (χ0) is 12.3. The topological polar surface area (TPSA) is 12.0 Å². The quantitative estimate of drug-likeness (QED) is 0.843. The summed E-state index contributed by atoms with van der Waals surface area (Å²) in [6.45, 7) is 2.28. The van der Waals surface area contributed by atoms with Gasteiger partial charge in [-0.3, -0.25) is 0 Å². The highest BCUT2D eigenvalue weighted by molar-refractivity contribution is 9.11. The van der Waals surface area contributed by atoms with Crippen molar-refractivity contribution >= 4 is 39.0 Å². The molecule has 0 bridgehead atoms. The minimum absolute atomic E-state index is 0.582. The Labute approximate surface area is 121 Å². The van der Waals surface area contributed by atoms with Crippen LogP contribution in [0.1, 0.15) is 42.7 Å². The van der Waals surface area contributed by atoms with Crippen molar-refractivity contribution in [2.24, 2.45) is 0 Å². The SMILES string of the molecule is CCC(CSC)NC1CCCc2sc(Br)cc21. The van der Waals surface area contributed by atoms with Crippen molar-refractivity contribution in [3.05, 3.63) is 20.3 Å². The molecule has 0 aliphatic heterocycles. The maximum absolute atomic E-state index is 3.84. The molecule has 0 amide bonds. The Kier molecular flexibility index (Phi) is 5.40. The van der Waals surface area contributed by atoms with Gasteiger partial charge in [-0.2, -0.15) is 11.8 Å². The second-order valence-corrected chi connectivity index (χ2v) is 8.03. The third-order valence-electron chi connectivity index (χ3n) is 3.38. The van der Waals surface area contributed by atoms with E-state index in [2.05, 4.69) is 40.5 Å². The number of halogens is 1. The van der Waals surface area contributed by atoms with Crippen LogP contribution in [0.15, 0.2) is 9.85 Å². The van der Waals surface area contributed by atoms with Crippen LogP contribution >= 0.6 is 39.0 Å². The Balaban J connectivity index is 2.07. The molecule has 0 saturated heterocycles. The van der Waals surface area contributed by atoms with Crippen LogP contribution in [-0.4, -0.2) is 18.1 Å². The summed E-state index contributed by atoms with van der Waals surface area (Å²) in [6, 6.07) is 3.56. The van der Waals surface area contributed by atoms with Crippen LogP contribution in [0, 0.1) is 0 Å². The summed E-state index contributed by atoms with van der Waals surface area (Å²) in [5.41, 5.74) is 1.55. The molecule has 96 valence electrons. The van der Waals surface area contributed by atoms with Gasteiger partial charge in [0.15, 0.2) is 0 Å². The molecule has 2 unspecified atom stereocenters. The van der Waals surface area contributed by atoms with Gasteiger partial charge in [0.1, 0.15) is 0 Å². The Bertz CT molecular complexity index is 364. The highest BCUT2D eigenvalue weighted by Crippen LogP contribution is 2.38. The molecule has 2 rings (SSSR count). The van der Waals surface area contributed by atoms with E-state index in [1.807, 2.05) is 23.1 Å². The van der Waals surface area contributed by atoms with Crippen LogP contribution in [0.3, 0.4) is 0 Å². The number of thiophene rings is 1. The molecule has 0 radical (unpaired) electrons. The number of fused-ring (bicyclic) bond motifs is 1. The van der Waals surface area contributed by atoms with Gasteiger partial charge in [-0.1, -0.05) is 6.92 Å². The third kappa shape index (κ3) is 3.49. The largest absolute Gasteiger partial charge is 0.306 e. The summed E-state index contributed by atoms with van der Waals surface area (Å²) < 4.78 is 1.29. The van der Waals surface area contributed by atoms with Gasteiger partial charge in [0.05, 0.1) is 3.79 Å². The maximum atomic E-state index is 3.84. The Morgan fingerprint density at radius 1 is 1.65 bits per heavy atom. The molecular weight excluding hydrogens is 314 g/mol. The highest BCUT2D eigenvalue weighted by atomic mass is 79.9. The fraction of sp³-hybridized carbons (Fsp3) is 0.692. The smallest absolute Gasteiger partial charge is 0.0704 e. The van der Waals surface area contributed by atoms with Crippen molar-refractivity contribution in [2.45, 2.75) is 44.7 Å². The molecule has 1 nitrogen and oxygen atoms in total. The van der Waals surface area contributed by atoms with Gasteiger partial charge >= 0.3 is 0 Å². The number of rotatable bonds is 5. The first-order valence-electron chi connectivity index (χ1n) is 6.27. The van der Waals surface area contributed by atoms with Gasteiger partial charge in [0, 0.05) is 22.7 Å². The lowest BCUT2D eigenvalue weighted by Crippen LogP contribution is -2.35. The van der Waals surface area contributed by atoms with E-state index in [0.717, 1.165) is 0 Å². The fourth-order valence-corrected chi connectivity index (χ4v) is 5.02. The van der Waals surface area contributed by atoms with E-state index < -0.39 is 0 Å². The van der Waals surface area contributed by atoms with Crippen LogP contribution in [0.2, 0.25) is 0 Å². The second kappa shape index (κ2) is 6.60. The van der Waals surface area contributed by atoms with Crippen LogP contribution in [0.25, 0.3) is 0 Å². The van der Waals surface area contributed by atoms with Crippen molar-refractivity contribution in [1.29, 1.82) is 0 Å². The van der Waals surface area contributed by atoms with E-state index in [0.29, 0.717) is 12.1 Å². The van der Waals surface area contributed by atoms with Gasteiger partial charge < -0.3 is 5.32 Å². The van der Waals surface area contributed by atoms with Crippen molar-refractivity contribution in [1.82, 2.24) is 5.32 Å². The minimum Gasteiger partial charge on any atom is -0.306 e. The molecule has 1 N–H and O–H groups in total. The van der Waals surface area contributed by atoms with E-state index in [1.165, 1.54) is 35.2 Å². The molecule has 1 aromatic rings. The summed E-state index contributed by atoms with van der Waals surface area (Å²) in [4.78, 5) is 1.58. The summed E-state index contributed by atoms with van der Waals surface area (Å²) in [5, 5.41) is 3.84. The Hall–Kier alpha value is 0.490. The molecule has 1 aliphatic carbocycles. The van der Waals surface area contributed by atoms with Gasteiger partial charge in [0.2, 0.25) is 0 Å². The molecule has 1 aromatic heterocycles. The first-order valence-corrected chi connectivity index (χ1v) is 9.28. The van der Waals surface area contributed by atoms with Crippen LogP contribution in [0.4, 0.5) is 0 Å². The lowest BCUT2D eigenvalue weighted by Gasteiger charge is -2.28. The number of aryl methyl sites for hydroxylation is 1. The van der Waals surface area contributed by atoms with E-state index in [9.17, 15) is 0 Å². The van der Waals surface area contributed by atoms with Crippen molar-refractivity contribution in [3.63, 3.8) is 0 Å². The molecule has 0 saturated carbocycles. The third-order valence-corrected chi connectivity index (χ3v) is 5.83. The molecule has 4 heteroatoms. The average Bonchev–Trinajstić information content (AvgIpc) is 2.70. The molecule has 1 heterocycles. The lowest BCUT2D eigenvalue weighted by atomic mass is 9.93. The monoisotopic (exact) mass is 333 g/mol. The van der Waals surface area contributed by atoms with Gasteiger partial charge in [-0.25, -0.2) is 0 Å². The summed E-state index contributed by atoms with van der Waals surface area (Å²) in [5.74, 6) is 1.22. The van der Waals surface area contributed by atoms with Gasteiger partial charge in [-0.05, 0) is 59.5 Å². The normalized spacial score (nSPS) is 21.2. The fourth-order valence-electron chi connectivity index (χ4n) is 2.46. The molecule has 17 heavy (non-hydrogen) atoms. The van der Waals surface area contributed by atoms with Crippen LogP contribution < -0.4 is 5.32 Å². The van der Waals surface area contributed by atoms with E-state index >= 15 is 0 Å². The molecule has 0 spiro atoms. The predicted octanol–water partition coefficient (Wildman–Crippen LogP) is 4.62. The van der Waals surface area contributed by atoms with Gasteiger partial charge in [-0.15, -0.1) is 11.3 Å².